The fourth-order valence-electron chi connectivity index (χ4n) is 4.64. The van der Waals surface area contributed by atoms with E-state index in [2.05, 4.69) is 34.9 Å². The van der Waals surface area contributed by atoms with Crippen molar-refractivity contribution in [3.05, 3.63) is 46.9 Å². The molecule has 0 radical (unpaired) electrons. The molecule has 2 aliphatic rings. The summed E-state index contributed by atoms with van der Waals surface area (Å²) < 4.78 is 13.3. The van der Waals surface area contributed by atoms with Crippen molar-refractivity contribution in [3.63, 3.8) is 0 Å². The van der Waals surface area contributed by atoms with E-state index in [1.54, 1.807) is 6.07 Å². The van der Waals surface area contributed by atoms with E-state index in [1.807, 2.05) is 6.07 Å². The minimum Gasteiger partial charge on any atom is -0.362 e. The van der Waals surface area contributed by atoms with Gasteiger partial charge in [0, 0.05) is 38.3 Å². The number of rotatable bonds is 6. The molecule has 6 nitrogen and oxygen atoms in total. The molecule has 0 amide bonds. The van der Waals surface area contributed by atoms with Crippen LogP contribution < -0.4 is 20.9 Å². The van der Waals surface area contributed by atoms with E-state index < -0.39 is 0 Å². The first-order chi connectivity index (χ1) is 15.5. The molecule has 0 aliphatic heterocycles. The van der Waals surface area contributed by atoms with Crippen LogP contribution in [0.15, 0.2) is 24.3 Å². The molecule has 2 aliphatic carbocycles. The van der Waals surface area contributed by atoms with Crippen LogP contribution in [0.5, 0.6) is 0 Å². The van der Waals surface area contributed by atoms with Gasteiger partial charge in [0.2, 0.25) is 5.95 Å². The normalized spacial score (nSPS) is 20.2. The summed E-state index contributed by atoms with van der Waals surface area (Å²) in [6.45, 7) is 0.518. The molecule has 4 rings (SSSR count). The van der Waals surface area contributed by atoms with E-state index in [4.69, 9.17) is 22.2 Å². The molecule has 0 saturated heterocycles. The molecule has 3 N–H and O–H groups in total. The smallest absolute Gasteiger partial charge is 0.225 e. The van der Waals surface area contributed by atoms with E-state index in [-0.39, 0.29) is 5.82 Å². The Bertz CT molecular complexity index is 942. The van der Waals surface area contributed by atoms with Gasteiger partial charge in [-0.25, -0.2) is 9.37 Å². The first kappa shape index (κ1) is 22.7. The van der Waals surface area contributed by atoms with Gasteiger partial charge in [-0.3, -0.25) is 0 Å². The lowest BCUT2D eigenvalue weighted by Crippen LogP contribution is -2.44. The van der Waals surface area contributed by atoms with E-state index in [1.165, 1.54) is 36.2 Å². The number of hydrogen-bond acceptors (Lipinski definition) is 5. The molecule has 0 bridgehead atoms. The molecule has 1 heterocycles. The third kappa shape index (κ3) is 5.85. The van der Waals surface area contributed by atoms with Gasteiger partial charge in [0.05, 0.1) is 5.69 Å². The maximum atomic E-state index is 13.3. The molecule has 1 aromatic carbocycles. The summed E-state index contributed by atoms with van der Waals surface area (Å²) in [6, 6.07) is 7.30. The van der Waals surface area contributed by atoms with E-state index >= 15 is 0 Å². The molecule has 0 spiro atoms. The number of benzene rings is 1. The third-order valence-electron chi connectivity index (χ3n) is 6.32. The highest BCUT2D eigenvalue weighted by Gasteiger charge is 2.24. The highest BCUT2D eigenvalue weighted by molar-refractivity contribution is 7.80. The van der Waals surface area contributed by atoms with Crippen molar-refractivity contribution in [3.8, 4) is 0 Å². The fraction of sp³-hybridized carbons (Fsp3) is 0.542. The molecule has 1 saturated carbocycles. The van der Waals surface area contributed by atoms with Crippen molar-refractivity contribution in [2.75, 3.05) is 24.3 Å². The van der Waals surface area contributed by atoms with Crippen LogP contribution in [-0.4, -0.2) is 41.3 Å². The minimum absolute atomic E-state index is 0.227. The number of hydrogen-bond donors (Lipinski definition) is 3. The number of nitrogens with one attached hydrogen (secondary N) is 3. The number of fused-ring (bicyclic) bond motifs is 1. The molecule has 32 heavy (non-hydrogen) atoms. The van der Waals surface area contributed by atoms with Gasteiger partial charge in [0.25, 0.3) is 0 Å². The molecule has 0 atom stereocenters. The van der Waals surface area contributed by atoms with Crippen molar-refractivity contribution in [2.24, 2.45) is 0 Å². The zero-order valence-corrected chi connectivity index (χ0v) is 19.8. The van der Waals surface area contributed by atoms with Crippen LogP contribution in [-0.2, 0) is 19.4 Å². The van der Waals surface area contributed by atoms with E-state index in [9.17, 15) is 4.39 Å². The van der Waals surface area contributed by atoms with Gasteiger partial charge in [-0.2, -0.15) is 4.98 Å². The number of nitrogens with zero attached hydrogens (tertiary/aromatic N) is 3. The van der Waals surface area contributed by atoms with Crippen molar-refractivity contribution < 1.29 is 4.39 Å². The Kier molecular flexibility index (Phi) is 7.40. The SMILES string of the molecule is CN(C)c1nc(NC2CCC(NC(=S)NCc3cccc(F)c3)CC2)nc2c1CCCC2. The van der Waals surface area contributed by atoms with Crippen molar-refractivity contribution in [1.82, 2.24) is 20.6 Å². The summed E-state index contributed by atoms with van der Waals surface area (Å²) in [5.74, 6) is 1.59. The number of thiocarbonyl (C=S) groups is 1. The average molecular weight is 457 g/mol. The van der Waals surface area contributed by atoms with Crippen LogP contribution in [0.2, 0.25) is 0 Å². The second-order valence-corrected chi connectivity index (χ2v) is 9.46. The van der Waals surface area contributed by atoms with Gasteiger partial charge in [-0.15, -0.1) is 0 Å². The summed E-state index contributed by atoms with van der Waals surface area (Å²) in [4.78, 5) is 11.8. The molecule has 1 aromatic heterocycles. The van der Waals surface area contributed by atoms with Crippen LogP contribution in [0.25, 0.3) is 0 Å². The maximum absolute atomic E-state index is 13.3. The second kappa shape index (κ2) is 10.4. The highest BCUT2D eigenvalue weighted by Crippen LogP contribution is 2.29. The predicted molar refractivity (Wildman–Crippen MR) is 132 cm³/mol. The Hall–Kier alpha value is -2.48. The van der Waals surface area contributed by atoms with Gasteiger partial charge < -0.3 is 20.9 Å². The Morgan fingerprint density at radius 1 is 1.09 bits per heavy atom. The Labute approximate surface area is 195 Å². The molecule has 2 aromatic rings. The van der Waals surface area contributed by atoms with Gasteiger partial charge >= 0.3 is 0 Å². The molecule has 172 valence electrons. The lowest BCUT2D eigenvalue weighted by molar-refractivity contribution is 0.385. The maximum Gasteiger partial charge on any atom is 0.225 e. The topological polar surface area (TPSA) is 65.1 Å². The fourth-order valence-corrected chi connectivity index (χ4v) is 4.88. The number of anilines is 2. The van der Waals surface area contributed by atoms with Crippen molar-refractivity contribution in [1.29, 1.82) is 0 Å². The summed E-state index contributed by atoms with van der Waals surface area (Å²) in [5, 5.41) is 10.8. The average Bonchev–Trinajstić information content (AvgIpc) is 2.78. The summed E-state index contributed by atoms with van der Waals surface area (Å²) in [6.07, 6.45) is 8.71. The Morgan fingerprint density at radius 3 is 2.59 bits per heavy atom. The first-order valence-corrected chi connectivity index (χ1v) is 12.0. The van der Waals surface area contributed by atoms with Crippen LogP contribution >= 0.6 is 12.2 Å². The Morgan fingerprint density at radius 2 is 1.84 bits per heavy atom. The number of aryl methyl sites for hydroxylation is 1. The number of aromatic nitrogens is 2. The molecule has 8 heteroatoms. The standard InChI is InChI=1S/C24H33FN6S/c1-31(2)22-20-8-3-4-9-21(20)29-23(30-22)27-18-10-12-19(13-11-18)28-24(32)26-15-16-6-5-7-17(25)14-16/h5-7,14,18-19H,3-4,8-13,15H2,1-2H3,(H2,26,28,32)(H,27,29,30). The monoisotopic (exact) mass is 456 g/mol. The van der Waals surface area contributed by atoms with Crippen LogP contribution in [0.1, 0.15) is 55.3 Å². The molecular formula is C24H33FN6S. The zero-order valence-electron chi connectivity index (χ0n) is 19.0. The van der Waals surface area contributed by atoms with Gasteiger partial charge in [0.15, 0.2) is 5.11 Å². The van der Waals surface area contributed by atoms with E-state index in [0.717, 1.165) is 55.9 Å². The van der Waals surface area contributed by atoms with Crippen LogP contribution in [0.3, 0.4) is 0 Å². The Balaban J connectivity index is 1.26. The van der Waals surface area contributed by atoms with Gasteiger partial charge in [0.1, 0.15) is 11.6 Å². The van der Waals surface area contributed by atoms with Crippen LogP contribution in [0, 0.1) is 5.82 Å². The summed E-state index contributed by atoms with van der Waals surface area (Å²) in [7, 11) is 4.12. The molecule has 1 fully saturated rings. The summed E-state index contributed by atoms with van der Waals surface area (Å²) in [5.41, 5.74) is 3.41. The van der Waals surface area contributed by atoms with E-state index in [0.29, 0.717) is 23.7 Å². The van der Waals surface area contributed by atoms with Crippen LogP contribution in [0.4, 0.5) is 16.2 Å². The van der Waals surface area contributed by atoms with Crippen molar-refractivity contribution >= 4 is 29.1 Å². The minimum atomic E-state index is -0.227. The molecule has 0 unspecified atom stereocenters. The zero-order chi connectivity index (χ0) is 22.5. The summed E-state index contributed by atoms with van der Waals surface area (Å²) >= 11 is 5.44. The quantitative estimate of drug-likeness (QED) is 0.569. The van der Waals surface area contributed by atoms with Gasteiger partial charge in [-0.1, -0.05) is 12.1 Å². The molecular weight excluding hydrogens is 423 g/mol. The number of halogens is 1. The third-order valence-corrected chi connectivity index (χ3v) is 6.58. The van der Waals surface area contributed by atoms with Gasteiger partial charge in [-0.05, 0) is 81.3 Å². The van der Waals surface area contributed by atoms with Crippen molar-refractivity contribution in [2.45, 2.75) is 70.0 Å². The largest absolute Gasteiger partial charge is 0.362 e. The second-order valence-electron chi connectivity index (χ2n) is 9.05. The lowest BCUT2D eigenvalue weighted by Gasteiger charge is -2.31. The first-order valence-electron chi connectivity index (χ1n) is 11.6. The highest BCUT2D eigenvalue weighted by atomic mass is 32.1. The lowest BCUT2D eigenvalue weighted by atomic mass is 9.91. The predicted octanol–water partition coefficient (Wildman–Crippen LogP) is 3.95.